The van der Waals surface area contributed by atoms with Gasteiger partial charge in [-0.15, -0.1) is 11.8 Å². The van der Waals surface area contributed by atoms with Gasteiger partial charge in [-0.1, -0.05) is 24.3 Å². The van der Waals surface area contributed by atoms with Gasteiger partial charge in [0.15, 0.2) is 0 Å². The summed E-state index contributed by atoms with van der Waals surface area (Å²) in [6.45, 7) is 3.20. The number of thioether (sulfide) groups is 1. The monoisotopic (exact) mass is 486 g/mol. The molecule has 3 amide bonds. The van der Waals surface area contributed by atoms with E-state index in [-0.39, 0.29) is 11.9 Å². The van der Waals surface area contributed by atoms with Gasteiger partial charge in [-0.05, 0) is 79.1 Å². The van der Waals surface area contributed by atoms with E-state index in [1.54, 1.807) is 11.8 Å². The first-order valence-corrected chi connectivity index (χ1v) is 13.3. The number of anilines is 3. The highest BCUT2D eigenvalue weighted by Gasteiger charge is 2.26. The lowest BCUT2D eigenvalue weighted by molar-refractivity contribution is 0.0793. The first-order chi connectivity index (χ1) is 17.1. The van der Waals surface area contributed by atoms with Crippen molar-refractivity contribution in [3.63, 3.8) is 0 Å². The van der Waals surface area contributed by atoms with Gasteiger partial charge in [0.2, 0.25) is 0 Å². The van der Waals surface area contributed by atoms with E-state index >= 15 is 0 Å². The van der Waals surface area contributed by atoms with Crippen LogP contribution in [0.5, 0.6) is 0 Å². The Labute approximate surface area is 210 Å². The van der Waals surface area contributed by atoms with Crippen molar-refractivity contribution in [1.29, 1.82) is 0 Å². The van der Waals surface area contributed by atoms with Crippen molar-refractivity contribution in [2.75, 3.05) is 41.4 Å². The molecule has 0 aliphatic carbocycles. The molecule has 2 aliphatic rings. The predicted octanol–water partition coefficient (Wildman–Crippen LogP) is 5.85. The third-order valence-corrected chi connectivity index (χ3v) is 7.44. The molecule has 1 saturated heterocycles. The molecule has 1 fully saturated rings. The van der Waals surface area contributed by atoms with Crippen molar-refractivity contribution in [1.82, 2.24) is 4.90 Å². The zero-order valence-corrected chi connectivity index (χ0v) is 20.7. The fraction of sp³-hybridized carbons (Fsp3) is 0.286. The predicted molar refractivity (Wildman–Crippen MR) is 144 cm³/mol. The van der Waals surface area contributed by atoms with E-state index in [0.29, 0.717) is 11.3 Å². The SMILES string of the molecule is CSc1ccc(NC(=O)Nc2ccc(N3CCc4ccccc4C3)c(C(=O)N3CCCC3)c2)cc1. The number of hydrogen-bond acceptors (Lipinski definition) is 4. The van der Waals surface area contributed by atoms with Crippen LogP contribution in [-0.4, -0.2) is 42.7 Å². The molecule has 0 atom stereocenters. The van der Waals surface area contributed by atoms with Crippen molar-refractivity contribution in [2.24, 2.45) is 0 Å². The molecule has 0 bridgehead atoms. The molecular weight excluding hydrogens is 456 g/mol. The van der Waals surface area contributed by atoms with Crippen LogP contribution in [0.15, 0.2) is 71.6 Å². The molecule has 5 rings (SSSR count). The number of urea groups is 1. The molecule has 2 heterocycles. The average molecular weight is 487 g/mol. The number of amides is 3. The van der Waals surface area contributed by atoms with Gasteiger partial charge in [0, 0.05) is 48.1 Å². The molecule has 180 valence electrons. The molecule has 35 heavy (non-hydrogen) atoms. The highest BCUT2D eigenvalue weighted by atomic mass is 32.2. The summed E-state index contributed by atoms with van der Waals surface area (Å²) in [4.78, 5) is 31.5. The van der Waals surface area contributed by atoms with Crippen molar-refractivity contribution < 1.29 is 9.59 Å². The van der Waals surface area contributed by atoms with Crippen LogP contribution in [-0.2, 0) is 13.0 Å². The van der Waals surface area contributed by atoms with Crippen LogP contribution in [0, 0.1) is 0 Å². The zero-order valence-electron chi connectivity index (χ0n) is 19.9. The van der Waals surface area contributed by atoms with Gasteiger partial charge < -0.3 is 20.4 Å². The molecule has 3 aromatic rings. The molecule has 0 radical (unpaired) electrons. The first kappa shape index (κ1) is 23.3. The van der Waals surface area contributed by atoms with Crippen LogP contribution in [0.25, 0.3) is 0 Å². The van der Waals surface area contributed by atoms with Crippen molar-refractivity contribution in [3.05, 3.63) is 83.4 Å². The fourth-order valence-corrected chi connectivity index (χ4v) is 5.23. The Morgan fingerprint density at radius 3 is 2.26 bits per heavy atom. The number of benzene rings is 3. The minimum absolute atomic E-state index is 0.0353. The lowest BCUT2D eigenvalue weighted by atomic mass is 9.98. The van der Waals surface area contributed by atoms with Gasteiger partial charge in [0.25, 0.3) is 5.91 Å². The van der Waals surface area contributed by atoms with Crippen LogP contribution >= 0.6 is 11.8 Å². The van der Waals surface area contributed by atoms with E-state index in [1.165, 1.54) is 11.1 Å². The van der Waals surface area contributed by atoms with Gasteiger partial charge in [-0.2, -0.15) is 0 Å². The smallest absolute Gasteiger partial charge is 0.323 e. The topological polar surface area (TPSA) is 64.7 Å². The third kappa shape index (κ3) is 5.30. The number of carbonyl (C=O) groups is 2. The van der Waals surface area contributed by atoms with E-state index in [2.05, 4.69) is 39.8 Å². The second-order valence-electron chi connectivity index (χ2n) is 8.98. The number of carbonyl (C=O) groups excluding carboxylic acids is 2. The lowest BCUT2D eigenvalue weighted by Gasteiger charge is -2.33. The molecule has 2 N–H and O–H groups in total. The van der Waals surface area contributed by atoms with Crippen LogP contribution in [0.2, 0.25) is 0 Å². The molecule has 7 heteroatoms. The van der Waals surface area contributed by atoms with Crippen LogP contribution in [0.1, 0.15) is 34.3 Å². The van der Waals surface area contributed by atoms with Gasteiger partial charge >= 0.3 is 6.03 Å². The molecule has 6 nitrogen and oxygen atoms in total. The minimum Gasteiger partial charge on any atom is -0.366 e. The van der Waals surface area contributed by atoms with Gasteiger partial charge in [-0.3, -0.25) is 4.79 Å². The zero-order chi connectivity index (χ0) is 24.2. The number of nitrogens with one attached hydrogen (secondary N) is 2. The summed E-state index contributed by atoms with van der Waals surface area (Å²) in [5, 5.41) is 5.78. The molecule has 0 unspecified atom stereocenters. The van der Waals surface area contributed by atoms with Gasteiger partial charge in [0.1, 0.15) is 0 Å². The Morgan fingerprint density at radius 1 is 0.829 bits per heavy atom. The Bertz CT molecular complexity index is 1220. The molecule has 3 aromatic carbocycles. The van der Waals surface area contributed by atoms with Crippen LogP contribution in [0.4, 0.5) is 21.9 Å². The van der Waals surface area contributed by atoms with E-state index in [4.69, 9.17) is 0 Å². The summed E-state index contributed by atoms with van der Waals surface area (Å²) in [5.74, 6) is 0.0353. The maximum absolute atomic E-state index is 13.5. The van der Waals surface area contributed by atoms with E-state index in [9.17, 15) is 9.59 Å². The molecule has 0 saturated carbocycles. The largest absolute Gasteiger partial charge is 0.366 e. The lowest BCUT2D eigenvalue weighted by Crippen LogP contribution is -2.34. The van der Waals surface area contributed by atoms with Crippen molar-refractivity contribution in [3.8, 4) is 0 Å². The Kier molecular flexibility index (Phi) is 6.95. The number of fused-ring (bicyclic) bond motifs is 1. The number of likely N-dealkylation sites (tertiary alicyclic amines) is 1. The second-order valence-corrected chi connectivity index (χ2v) is 9.86. The molecule has 2 aliphatic heterocycles. The van der Waals surface area contributed by atoms with E-state index in [1.807, 2.05) is 53.6 Å². The standard InChI is InChI=1S/C28H30N4O2S/c1-35-24-11-8-22(9-12-24)29-28(34)30-23-10-13-26(25(18-23)27(33)31-15-4-5-16-31)32-17-14-20-6-2-3-7-21(20)19-32/h2-3,6-13,18H,4-5,14-17,19H2,1H3,(H2,29,30,34). The molecule has 0 spiro atoms. The third-order valence-electron chi connectivity index (χ3n) is 6.70. The van der Waals surface area contributed by atoms with E-state index < -0.39 is 0 Å². The number of nitrogens with zero attached hydrogens (tertiary/aromatic N) is 2. The minimum atomic E-state index is -0.332. The normalized spacial score (nSPS) is 15.0. The maximum Gasteiger partial charge on any atom is 0.323 e. The van der Waals surface area contributed by atoms with Gasteiger partial charge in [0.05, 0.1) is 5.56 Å². The highest BCUT2D eigenvalue weighted by Crippen LogP contribution is 2.31. The maximum atomic E-state index is 13.5. The second kappa shape index (κ2) is 10.4. The number of hydrogen-bond donors (Lipinski definition) is 2. The van der Waals surface area contributed by atoms with Crippen LogP contribution in [0.3, 0.4) is 0 Å². The summed E-state index contributed by atoms with van der Waals surface area (Å²) in [6.07, 6.45) is 5.04. The summed E-state index contributed by atoms with van der Waals surface area (Å²) in [7, 11) is 0. The quantitative estimate of drug-likeness (QED) is 0.444. The van der Waals surface area contributed by atoms with Crippen LogP contribution < -0.4 is 15.5 Å². The van der Waals surface area contributed by atoms with Crippen molar-refractivity contribution >= 4 is 40.8 Å². The molecule has 0 aromatic heterocycles. The summed E-state index contributed by atoms with van der Waals surface area (Å²) < 4.78 is 0. The summed E-state index contributed by atoms with van der Waals surface area (Å²) in [5.41, 5.74) is 5.57. The summed E-state index contributed by atoms with van der Waals surface area (Å²) >= 11 is 1.65. The van der Waals surface area contributed by atoms with E-state index in [0.717, 1.165) is 61.7 Å². The highest BCUT2D eigenvalue weighted by molar-refractivity contribution is 7.98. The summed E-state index contributed by atoms with van der Waals surface area (Å²) in [6, 6.07) is 21.5. The Hall–Kier alpha value is -3.45. The first-order valence-electron chi connectivity index (χ1n) is 12.1. The molecular formula is C28H30N4O2S. The average Bonchev–Trinajstić information content (AvgIpc) is 3.43. The van der Waals surface area contributed by atoms with Gasteiger partial charge in [-0.25, -0.2) is 4.79 Å². The number of rotatable bonds is 5. The Balaban J connectivity index is 1.38. The Morgan fingerprint density at radius 2 is 1.51 bits per heavy atom. The fourth-order valence-electron chi connectivity index (χ4n) is 4.82. The van der Waals surface area contributed by atoms with Crippen molar-refractivity contribution in [2.45, 2.75) is 30.7 Å².